The number of ether oxygens (including phenoxy) is 2. The maximum Gasteiger partial charge on any atom is 0.163 e. The Kier molecular flexibility index (Phi) is 10.1. The largest absolute Gasteiger partial charge is 0.348 e. The fourth-order valence-electron chi connectivity index (χ4n) is 0.964. The van der Waals surface area contributed by atoms with E-state index >= 15 is 0 Å². The van der Waals surface area contributed by atoms with Crippen LogP contribution in [0.4, 0.5) is 0 Å². The first kappa shape index (κ1) is 15.4. The van der Waals surface area contributed by atoms with Crippen molar-refractivity contribution in [2.24, 2.45) is 0 Å². The molecule has 2 nitrogen and oxygen atoms in total. The van der Waals surface area contributed by atoms with Crippen molar-refractivity contribution in [2.75, 3.05) is 6.61 Å². The van der Waals surface area contributed by atoms with Crippen molar-refractivity contribution in [1.82, 2.24) is 0 Å². The third-order valence-corrected chi connectivity index (χ3v) is 1.52. The van der Waals surface area contributed by atoms with E-state index in [0.717, 1.165) is 13.0 Å². The Bertz CT molecular complexity index is 100. The minimum absolute atomic E-state index is 0.319. The van der Waals surface area contributed by atoms with Crippen molar-refractivity contribution in [3.8, 4) is 0 Å². The average molecular weight is 190 g/mol. The molecule has 0 radical (unpaired) electrons. The van der Waals surface area contributed by atoms with E-state index in [1.807, 2.05) is 41.5 Å². The maximum absolute atomic E-state index is 5.48. The average Bonchev–Trinajstić information content (AvgIpc) is 2.52. The Balaban J connectivity index is 0. The molecule has 13 heavy (non-hydrogen) atoms. The van der Waals surface area contributed by atoms with Crippen LogP contribution in [0.3, 0.4) is 0 Å². The van der Waals surface area contributed by atoms with Crippen LogP contribution in [0.5, 0.6) is 0 Å². The molecule has 0 saturated carbocycles. The Morgan fingerprint density at radius 3 is 1.77 bits per heavy atom. The fourth-order valence-corrected chi connectivity index (χ4v) is 0.964. The van der Waals surface area contributed by atoms with Gasteiger partial charge in [0.1, 0.15) is 0 Å². The Morgan fingerprint density at radius 2 is 1.62 bits per heavy atom. The van der Waals surface area contributed by atoms with Gasteiger partial charge in [0, 0.05) is 0 Å². The molecule has 1 atom stereocenters. The lowest BCUT2D eigenvalue weighted by Gasteiger charge is -2.16. The van der Waals surface area contributed by atoms with Gasteiger partial charge >= 0.3 is 0 Å². The highest BCUT2D eigenvalue weighted by Crippen LogP contribution is 2.23. The highest BCUT2D eigenvalue weighted by atomic mass is 16.7. The van der Waals surface area contributed by atoms with Gasteiger partial charge in [-0.2, -0.15) is 0 Å². The third-order valence-electron chi connectivity index (χ3n) is 1.52. The van der Waals surface area contributed by atoms with E-state index in [0.29, 0.717) is 6.10 Å². The van der Waals surface area contributed by atoms with Gasteiger partial charge in [-0.05, 0) is 20.3 Å². The summed E-state index contributed by atoms with van der Waals surface area (Å²) in [6.07, 6.45) is 1.36. The second-order valence-corrected chi connectivity index (χ2v) is 2.86. The van der Waals surface area contributed by atoms with E-state index < -0.39 is 0 Å². The molecule has 0 bridgehead atoms. The first-order chi connectivity index (χ1) is 6.14. The molecule has 0 aromatic carbocycles. The summed E-state index contributed by atoms with van der Waals surface area (Å²) in [7, 11) is 0. The van der Waals surface area contributed by atoms with Gasteiger partial charge in [-0.15, -0.1) is 0 Å². The quantitative estimate of drug-likeness (QED) is 0.629. The molecule has 1 aliphatic heterocycles. The first-order valence-corrected chi connectivity index (χ1v) is 5.46. The third kappa shape index (κ3) is 7.03. The van der Waals surface area contributed by atoms with Crippen molar-refractivity contribution < 1.29 is 9.47 Å². The maximum atomic E-state index is 5.48. The summed E-state index contributed by atoms with van der Waals surface area (Å²) in [6, 6.07) is 0. The van der Waals surface area contributed by atoms with E-state index in [2.05, 4.69) is 6.92 Å². The number of hydrogen-bond acceptors (Lipinski definition) is 2. The standard InChI is InChI=1S/C7H14O2.2C2H6/c1-4-6-5-8-7(2,3)9-6;2*1-2/h6H,4-5H2,1-3H3;2*1-2H3. The van der Waals surface area contributed by atoms with Gasteiger partial charge in [0.05, 0.1) is 12.7 Å². The van der Waals surface area contributed by atoms with Crippen LogP contribution in [0.25, 0.3) is 0 Å². The zero-order chi connectivity index (χ0) is 10.9. The van der Waals surface area contributed by atoms with Gasteiger partial charge in [0.2, 0.25) is 0 Å². The molecule has 0 aliphatic carbocycles. The van der Waals surface area contributed by atoms with Gasteiger partial charge in [-0.3, -0.25) is 0 Å². The van der Waals surface area contributed by atoms with Crippen LogP contribution in [0, 0.1) is 0 Å². The van der Waals surface area contributed by atoms with E-state index in [4.69, 9.17) is 9.47 Å². The normalized spacial score (nSPS) is 23.8. The van der Waals surface area contributed by atoms with Crippen LogP contribution in [0.2, 0.25) is 0 Å². The lowest BCUT2D eigenvalue weighted by atomic mass is 10.3. The number of hydrogen-bond donors (Lipinski definition) is 0. The van der Waals surface area contributed by atoms with Crippen molar-refractivity contribution >= 4 is 0 Å². The van der Waals surface area contributed by atoms with E-state index in [-0.39, 0.29) is 5.79 Å². The lowest BCUT2D eigenvalue weighted by molar-refractivity contribution is -0.138. The van der Waals surface area contributed by atoms with E-state index in [1.54, 1.807) is 0 Å². The van der Waals surface area contributed by atoms with Crippen LogP contribution < -0.4 is 0 Å². The monoisotopic (exact) mass is 190 g/mol. The predicted molar refractivity (Wildman–Crippen MR) is 57.9 cm³/mol. The minimum Gasteiger partial charge on any atom is -0.348 e. The van der Waals surface area contributed by atoms with Gasteiger partial charge in [0.15, 0.2) is 5.79 Å². The number of rotatable bonds is 1. The molecule has 0 N–H and O–H groups in total. The molecular formula is C11H26O2. The molecule has 1 saturated heterocycles. The molecule has 0 amide bonds. The Hall–Kier alpha value is -0.0800. The lowest BCUT2D eigenvalue weighted by Crippen LogP contribution is -2.21. The molecule has 1 fully saturated rings. The summed E-state index contributed by atoms with van der Waals surface area (Å²) < 4.78 is 10.8. The Morgan fingerprint density at radius 1 is 1.15 bits per heavy atom. The first-order valence-electron chi connectivity index (χ1n) is 5.46. The van der Waals surface area contributed by atoms with E-state index in [1.165, 1.54) is 0 Å². The molecule has 2 heteroatoms. The van der Waals surface area contributed by atoms with Crippen molar-refractivity contribution in [3.05, 3.63) is 0 Å². The summed E-state index contributed by atoms with van der Waals surface area (Å²) in [5.41, 5.74) is 0. The fraction of sp³-hybridized carbons (Fsp3) is 1.00. The molecule has 1 aliphatic rings. The minimum atomic E-state index is -0.333. The molecule has 1 unspecified atom stereocenters. The molecule has 0 spiro atoms. The second kappa shape index (κ2) is 8.52. The summed E-state index contributed by atoms with van der Waals surface area (Å²) in [6.45, 7) is 14.8. The molecular weight excluding hydrogens is 164 g/mol. The zero-order valence-electron chi connectivity index (χ0n) is 10.3. The molecule has 1 rings (SSSR count). The smallest absolute Gasteiger partial charge is 0.163 e. The highest BCUT2D eigenvalue weighted by Gasteiger charge is 2.31. The summed E-state index contributed by atoms with van der Waals surface area (Å²) >= 11 is 0. The van der Waals surface area contributed by atoms with Crippen LogP contribution in [0.15, 0.2) is 0 Å². The molecule has 82 valence electrons. The van der Waals surface area contributed by atoms with Crippen LogP contribution in [-0.2, 0) is 9.47 Å². The topological polar surface area (TPSA) is 18.5 Å². The van der Waals surface area contributed by atoms with Crippen molar-refractivity contribution in [1.29, 1.82) is 0 Å². The molecule has 0 aromatic rings. The van der Waals surface area contributed by atoms with Crippen LogP contribution in [0.1, 0.15) is 54.9 Å². The van der Waals surface area contributed by atoms with Crippen LogP contribution in [-0.4, -0.2) is 18.5 Å². The Labute approximate surface area is 83.6 Å². The summed E-state index contributed by atoms with van der Waals surface area (Å²) in [5.74, 6) is -0.333. The van der Waals surface area contributed by atoms with Gasteiger partial charge in [0.25, 0.3) is 0 Å². The van der Waals surface area contributed by atoms with E-state index in [9.17, 15) is 0 Å². The van der Waals surface area contributed by atoms with Gasteiger partial charge in [-0.1, -0.05) is 34.6 Å². The zero-order valence-corrected chi connectivity index (χ0v) is 10.3. The molecule has 0 aromatic heterocycles. The van der Waals surface area contributed by atoms with Crippen molar-refractivity contribution in [2.45, 2.75) is 66.8 Å². The van der Waals surface area contributed by atoms with Gasteiger partial charge < -0.3 is 9.47 Å². The molecule has 1 heterocycles. The summed E-state index contributed by atoms with van der Waals surface area (Å²) in [5, 5.41) is 0. The second-order valence-electron chi connectivity index (χ2n) is 2.86. The summed E-state index contributed by atoms with van der Waals surface area (Å²) in [4.78, 5) is 0. The highest BCUT2D eigenvalue weighted by molar-refractivity contribution is 4.68. The van der Waals surface area contributed by atoms with Crippen molar-refractivity contribution in [3.63, 3.8) is 0 Å². The SMILES string of the molecule is CC.CC.CCC1COC(C)(C)O1. The van der Waals surface area contributed by atoms with Gasteiger partial charge in [-0.25, -0.2) is 0 Å². The van der Waals surface area contributed by atoms with Crippen LogP contribution >= 0.6 is 0 Å². The predicted octanol–water partition coefficient (Wildman–Crippen LogP) is 3.60.